The van der Waals surface area contributed by atoms with Crippen molar-refractivity contribution in [2.75, 3.05) is 0 Å². The van der Waals surface area contributed by atoms with E-state index in [4.69, 9.17) is 0 Å². The molecular formula is C16H10N6S. The molecule has 4 heterocycles. The molecule has 0 atom stereocenters. The minimum absolute atomic E-state index is 0.589. The molecular weight excluding hydrogens is 308 g/mol. The molecule has 0 amide bonds. The van der Waals surface area contributed by atoms with Crippen LogP contribution >= 0.6 is 11.3 Å². The number of rotatable bonds is 3. The van der Waals surface area contributed by atoms with Gasteiger partial charge in [-0.3, -0.25) is 15.0 Å². The quantitative estimate of drug-likeness (QED) is 0.577. The maximum atomic E-state index is 4.49. The lowest BCUT2D eigenvalue weighted by Crippen LogP contribution is -1.98. The van der Waals surface area contributed by atoms with Crippen LogP contribution < -0.4 is 0 Å². The van der Waals surface area contributed by atoms with E-state index in [0.29, 0.717) is 17.2 Å². The lowest BCUT2D eigenvalue weighted by atomic mass is 10.0. The standard InChI is InChI=1S/C16H10N6S/c1-3-20-15(21-4-1)13-11(16-22-8-9-23-16)2-5-19-14(13)12-10-17-6-7-18-12/h1-10H. The van der Waals surface area contributed by atoms with Gasteiger partial charge in [-0.15, -0.1) is 11.3 Å². The van der Waals surface area contributed by atoms with Crippen molar-refractivity contribution in [2.24, 2.45) is 0 Å². The molecule has 4 aromatic heterocycles. The summed E-state index contributed by atoms with van der Waals surface area (Å²) in [6, 6.07) is 3.70. The van der Waals surface area contributed by atoms with Gasteiger partial charge in [-0.05, 0) is 12.1 Å². The average Bonchev–Trinajstić information content (AvgIpc) is 3.17. The molecule has 0 bridgehead atoms. The van der Waals surface area contributed by atoms with Crippen molar-refractivity contribution < 1.29 is 0 Å². The topological polar surface area (TPSA) is 77.3 Å². The Morgan fingerprint density at radius 1 is 0.783 bits per heavy atom. The van der Waals surface area contributed by atoms with Gasteiger partial charge in [0.2, 0.25) is 0 Å². The SMILES string of the molecule is c1cnc(-c2c(-c3nccs3)ccnc2-c2cnccn2)nc1. The van der Waals surface area contributed by atoms with E-state index in [1.54, 1.807) is 60.8 Å². The zero-order valence-corrected chi connectivity index (χ0v) is 12.7. The summed E-state index contributed by atoms with van der Waals surface area (Å²) in [5, 5.41) is 2.83. The van der Waals surface area contributed by atoms with Gasteiger partial charge in [-0.1, -0.05) is 0 Å². The van der Waals surface area contributed by atoms with Crippen LogP contribution in [0, 0.1) is 0 Å². The van der Waals surface area contributed by atoms with Crippen LogP contribution in [-0.4, -0.2) is 29.9 Å². The predicted molar refractivity (Wildman–Crippen MR) is 87.4 cm³/mol. The number of pyridine rings is 1. The third kappa shape index (κ3) is 2.58. The highest BCUT2D eigenvalue weighted by Gasteiger charge is 2.19. The summed E-state index contributed by atoms with van der Waals surface area (Å²) in [5.74, 6) is 0.589. The Hall–Kier alpha value is -3.06. The first-order valence-corrected chi connectivity index (χ1v) is 7.74. The zero-order valence-electron chi connectivity index (χ0n) is 11.9. The van der Waals surface area contributed by atoms with E-state index in [1.807, 2.05) is 11.4 Å². The second kappa shape index (κ2) is 5.98. The molecule has 0 radical (unpaired) electrons. The molecule has 0 aliphatic rings. The van der Waals surface area contributed by atoms with Crippen molar-refractivity contribution in [1.82, 2.24) is 29.9 Å². The molecule has 6 nitrogen and oxygen atoms in total. The minimum Gasteiger partial charge on any atom is -0.261 e. The second-order valence-electron chi connectivity index (χ2n) is 4.58. The van der Waals surface area contributed by atoms with Gasteiger partial charge in [0.15, 0.2) is 5.82 Å². The molecule has 4 rings (SSSR count). The minimum atomic E-state index is 0.589. The van der Waals surface area contributed by atoms with Gasteiger partial charge in [-0.2, -0.15) is 0 Å². The van der Waals surface area contributed by atoms with Crippen LogP contribution in [0.5, 0.6) is 0 Å². The van der Waals surface area contributed by atoms with Crippen molar-refractivity contribution in [3.8, 4) is 33.3 Å². The highest BCUT2D eigenvalue weighted by Crippen LogP contribution is 2.36. The maximum absolute atomic E-state index is 4.49. The average molecular weight is 318 g/mol. The molecule has 0 N–H and O–H groups in total. The number of aromatic nitrogens is 6. The van der Waals surface area contributed by atoms with E-state index < -0.39 is 0 Å². The number of nitrogens with zero attached hydrogens (tertiary/aromatic N) is 6. The fraction of sp³-hybridized carbons (Fsp3) is 0. The Morgan fingerprint density at radius 3 is 2.43 bits per heavy atom. The van der Waals surface area contributed by atoms with E-state index >= 15 is 0 Å². The largest absolute Gasteiger partial charge is 0.261 e. The molecule has 0 saturated heterocycles. The van der Waals surface area contributed by atoms with Gasteiger partial charge in [0.1, 0.15) is 16.4 Å². The van der Waals surface area contributed by atoms with Crippen LogP contribution in [0.25, 0.3) is 33.3 Å². The van der Waals surface area contributed by atoms with Gasteiger partial charge in [-0.25, -0.2) is 15.0 Å². The molecule has 23 heavy (non-hydrogen) atoms. The summed E-state index contributed by atoms with van der Waals surface area (Å²) in [6.45, 7) is 0. The predicted octanol–water partition coefficient (Wildman–Crippen LogP) is 3.12. The fourth-order valence-electron chi connectivity index (χ4n) is 2.27. The molecule has 110 valence electrons. The Labute approximate surface area is 136 Å². The highest BCUT2D eigenvalue weighted by molar-refractivity contribution is 7.13. The lowest BCUT2D eigenvalue weighted by molar-refractivity contribution is 1.14. The third-order valence-electron chi connectivity index (χ3n) is 3.21. The number of hydrogen-bond acceptors (Lipinski definition) is 7. The molecule has 0 unspecified atom stereocenters. The molecule has 0 spiro atoms. The molecule has 0 aliphatic carbocycles. The Balaban J connectivity index is 2.02. The van der Waals surface area contributed by atoms with Crippen LogP contribution in [0.1, 0.15) is 0 Å². The van der Waals surface area contributed by atoms with Crippen molar-refractivity contribution >= 4 is 11.3 Å². The Bertz CT molecular complexity index is 910. The van der Waals surface area contributed by atoms with E-state index in [0.717, 1.165) is 16.1 Å². The van der Waals surface area contributed by atoms with Gasteiger partial charge in [0, 0.05) is 48.1 Å². The first-order valence-electron chi connectivity index (χ1n) is 6.86. The van der Waals surface area contributed by atoms with E-state index in [1.165, 1.54) is 0 Å². The van der Waals surface area contributed by atoms with Crippen molar-refractivity contribution in [3.63, 3.8) is 0 Å². The van der Waals surface area contributed by atoms with E-state index in [2.05, 4.69) is 29.9 Å². The zero-order chi connectivity index (χ0) is 15.5. The molecule has 4 aromatic rings. The second-order valence-corrected chi connectivity index (χ2v) is 5.48. The first-order chi connectivity index (χ1) is 11.4. The summed E-state index contributed by atoms with van der Waals surface area (Å²) in [5.41, 5.74) is 3.11. The molecule has 0 aromatic carbocycles. The number of thiazole rings is 1. The smallest absolute Gasteiger partial charge is 0.162 e. The van der Waals surface area contributed by atoms with E-state index in [9.17, 15) is 0 Å². The third-order valence-corrected chi connectivity index (χ3v) is 4.02. The lowest BCUT2D eigenvalue weighted by Gasteiger charge is -2.10. The van der Waals surface area contributed by atoms with Gasteiger partial charge in [0.25, 0.3) is 0 Å². The van der Waals surface area contributed by atoms with Crippen molar-refractivity contribution in [1.29, 1.82) is 0 Å². The highest BCUT2D eigenvalue weighted by atomic mass is 32.1. The summed E-state index contributed by atoms with van der Waals surface area (Å²) in [6.07, 6.45) is 11.9. The van der Waals surface area contributed by atoms with Crippen molar-refractivity contribution in [3.05, 3.63) is 60.9 Å². The monoisotopic (exact) mass is 318 g/mol. The van der Waals surface area contributed by atoms with Crippen LogP contribution in [0.4, 0.5) is 0 Å². The first kappa shape index (κ1) is 13.6. The Kier molecular flexibility index (Phi) is 3.53. The Morgan fingerprint density at radius 2 is 1.70 bits per heavy atom. The molecule has 7 heteroatoms. The van der Waals surface area contributed by atoms with Crippen LogP contribution in [0.3, 0.4) is 0 Å². The number of hydrogen-bond donors (Lipinski definition) is 0. The maximum Gasteiger partial charge on any atom is 0.162 e. The van der Waals surface area contributed by atoms with Crippen LogP contribution in [0.15, 0.2) is 60.9 Å². The van der Waals surface area contributed by atoms with Gasteiger partial charge >= 0.3 is 0 Å². The van der Waals surface area contributed by atoms with Crippen LogP contribution in [-0.2, 0) is 0 Å². The molecule has 0 saturated carbocycles. The molecule has 0 fully saturated rings. The summed E-state index contributed by atoms with van der Waals surface area (Å²) in [7, 11) is 0. The summed E-state index contributed by atoms with van der Waals surface area (Å²) >= 11 is 1.56. The van der Waals surface area contributed by atoms with Gasteiger partial charge < -0.3 is 0 Å². The summed E-state index contributed by atoms with van der Waals surface area (Å²) in [4.78, 5) is 26.2. The van der Waals surface area contributed by atoms with E-state index in [-0.39, 0.29) is 0 Å². The summed E-state index contributed by atoms with van der Waals surface area (Å²) < 4.78 is 0. The normalized spacial score (nSPS) is 10.6. The van der Waals surface area contributed by atoms with Gasteiger partial charge in [0.05, 0.1) is 11.8 Å². The van der Waals surface area contributed by atoms with Crippen molar-refractivity contribution in [2.45, 2.75) is 0 Å². The fourth-order valence-corrected chi connectivity index (χ4v) is 2.94. The van der Waals surface area contributed by atoms with Crippen LogP contribution in [0.2, 0.25) is 0 Å². The molecule has 0 aliphatic heterocycles.